The number of hydroxylamine groups is 1. The average Bonchev–Trinajstić information content (AvgIpc) is 2.64. The molecule has 0 saturated heterocycles. The molecule has 0 spiro atoms. The zero-order chi connectivity index (χ0) is 19.0. The summed E-state index contributed by atoms with van der Waals surface area (Å²) in [6.07, 6.45) is -1.78. The number of hydrogen-bond acceptors (Lipinski definition) is 6. The number of nitrogens with one attached hydrogen (secondary N) is 1. The summed E-state index contributed by atoms with van der Waals surface area (Å²) in [5.74, 6) is -1.49. The highest BCUT2D eigenvalue weighted by atomic mass is 19.4. The maximum Gasteiger partial charge on any atom is 0.492 e. The second-order valence-corrected chi connectivity index (χ2v) is 4.86. The van der Waals surface area contributed by atoms with Gasteiger partial charge in [-0.15, -0.1) is 5.48 Å². The van der Waals surface area contributed by atoms with Gasteiger partial charge in [0.05, 0.1) is 12.9 Å². The van der Waals surface area contributed by atoms with Gasteiger partial charge in [-0.2, -0.15) is 13.2 Å². The lowest BCUT2D eigenvalue weighted by Crippen LogP contribution is -2.32. The van der Waals surface area contributed by atoms with Gasteiger partial charge in [0.1, 0.15) is 12.4 Å². The number of hydrogen-bond donors (Lipinski definition) is 1. The summed E-state index contributed by atoms with van der Waals surface area (Å²) >= 11 is 0. The molecule has 0 atom stereocenters. The van der Waals surface area contributed by atoms with E-state index in [1.54, 1.807) is 48.2 Å². The smallest absolute Gasteiger partial charge is 0.489 e. The summed E-state index contributed by atoms with van der Waals surface area (Å²) in [6, 6.07) is 8.31. The topological polar surface area (TPSA) is 73.3 Å². The van der Waals surface area contributed by atoms with Crippen molar-refractivity contribution in [3.8, 4) is 17.1 Å². The van der Waals surface area contributed by atoms with E-state index < -0.39 is 18.7 Å². The molecule has 6 nitrogen and oxygen atoms in total. The summed E-state index contributed by atoms with van der Waals surface area (Å²) in [5.41, 5.74) is 2.43. The quantitative estimate of drug-likeness (QED) is 0.596. The molecule has 0 aliphatic heterocycles. The van der Waals surface area contributed by atoms with Crippen molar-refractivity contribution >= 4 is 5.97 Å². The van der Waals surface area contributed by atoms with Gasteiger partial charge in [-0.25, -0.2) is 19.2 Å². The van der Waals surface area contributed by atoms with E-state index in [2.05, 4.69) is 14.8 Å². The van der Waals surface area contributed by atoms with Gasteiger partial charge in [0.15, 0.2) is 5.82 Å². The Morgan fingerprint density at radius 3 is 2.38 bits per heavy atom. The van der Waals surface area contributed by atoms with E-state index in [1.807, 2.05) is 0 Å². The molecular formula is C16H13F4N3O3. The Morgan fingerprint density at radius 1 is 1.15 bits per heavy atom. The first-order valence-electron chi connectivity index (χ1n) is 7.19. The second-order valence-electron chi connectivity index (χ2n) is 4.86. The summed E-state index contributed by atoms with van der Waals surface area (Å²) in [5, 5.41) is 0. The van der Waals surface area contributed by atoms with E-state index in [-0.39, 0.29) is 18.5 Å². The molecule has 2 rings (SSSR count). The third-order valence-electron chi connectivity index (χ3n) is 2.95. The molecule has 0 amide bonds. The van der Waals surface area contributed by atoms with Crippen molar-refractivity contribution < 1.29 is 31.9 Å². The van der Waals surface area contributed by atoms with Gasteiger partial charge in [-0.05, 0) is 30.3 Å². The third-order valence-corrected chi connectivity index (χ3v) is 2.95. The van der Waals surface area contributed by atoms with Crippen LogP contribution < -0.4 is 10.2 Å². The van der Waals surface area contributed by atoms with Crippen LogP contribution in [-0.2, 0) is 9.63 Å². The Balaban J connectivity index is 1.82. The second kappa shape index (κ2) is 8.90. The van der Waals surface area contributed by atoms with Gasteiger partial charge < -0.3 is 9.57 Å². The number of alkyl halides is 3. The summed E-state index contributed by atoms with van der Waals surface area (Å²) in [6.45, 7) is -0.720. The minimum Gasteiger partial charge on any atom is -0.489 e. The number of benzene rings is 1. The zero-order valence-corrected chi connectivity index (χ0v) is 13.2. The van der Waals surface area contributed by atoms with Gasteiger partial charge in [0.25, 0.3) is 0 Å². The highest BCUT2D eigenvalue weighted by molar-refractivity contribution is 5.75. The predicted octanol–water partition coefficient (Wildman–Crippen LogP) is 2.99. The van der Waals surface area contributed by atoms with E-state index in [4.69, 9.17) is 4.74 Å². The molecule has 0 aliphatic carbocycles. The van der Waals surface area contributed by atoms with Gasteiger partial charge in [-0.1, -0.05) is 0 Å². The molecule has 1 N–H and O–H groups in total. The van der Waals surface area contributed by atoms with Crippen LogP contribution in [0.5, 0.6) is 5.75 Å². The van der Waals surface area contributed by atoms with E-state index in [0.717, 1.165) is 5.56 Å². The van der Waals surface area contributed by atoms with Crippen molar-refractivity contribution in [1.82, 2.24) is 15.4 Å². The van der Waals surface area contributed by atoms with Crippen molar-refractivity contribution in [2.75, 3.05) is 13.2 Å². The molecule has 1 aromatic heterocycles. The van der Waals surface area contributed by atoms with Gasteiger partial charge in [0.2, 0.25) is 0 Å². The van der Waals surface area contributed by atoms with Crippen LogP contribution in [0.4, 0.5) is 17.6 Å². The molecule has 0 radical (unpaired) electrons. The molecule has 138 valence electrons. The van der Waals surface area contributed by atoms with E-state index in [1.165, 1.54) is 0 Å². The van der Waals surface area contributed by atoms with Crippen LogP contribution in [0, 0.1) is 0 Å². The molecule has 1 heterocycles. The Morgan fingerprint density at radius 2 is 1.81 bits per heavy atom. The highest BCUT2D eigenvalue weighted by Gasteiger charge is 2.41. The Kier molecular flexibility index (Phi) is 6.61. The van der Waals surface area contributed by atoms with E-state index in [0.29, 0.717) is 11.6 Å². The normalized spacial score (nSPS) is 11.9. The number of nitrogens with zero attached hydrogens (tertiary/aromatic N) is 2. The lowest BCUT2D eigenvalue weighted by Gasteiger charge is -2.11. The van der Waals surface area contributed by atoms with Crippen LogP contribution in [0.15, 0.2) is 54.6 Å². The molecule has 1 aromatic carbocycles. The molecule has 2 aromatic rings. The van der Waals surface area contributed by atoms with Crippen LogP contribution in [0.2, 0.25) is 0 Å². The first kappa shape index (κ1) is 19.3. The molecule has 0 aliphatic rings. The maximum atomic E-state index is 12.7. The summed E-state index contributed by atoms with van der Waals surface area (Å²) < 4.78 is 53.9. The Labute approximate surface area is 145 Å². The molecule has 0 saturated carbocycles. The van der Waals surface area contributed by atoms with Crippen molar-refractivity contribution in [3.05, 3.63) is 54.6 Å². The number of halogens is 4. The summed E-state index contributed by atoms with van der Waals surface area (Å²) in [7, 11) is 0. The third kappa shape index (κ3) is 5.81. The lowest BCUT2D eigenvalue weighted by molar-refractivity contribution is -0.206. The largest absolute Gasteiger partial charge is 0.492 e. The van der Waals surface area contributed by atoms with Gasteiger partial charge >= 0.3 is 12.1 Å². The molecule has 0 bridgehead atoms. The molecule has 26 heavy (non-hydrogen) atoms. The van der Waals surface area contributed by atoms with Crippen molar-refractivity contribution in [3.63, 3.8) is 0 Å². The van der Waals surface area contributed by atoms with Crippen molar-refractivity contribution in [1.29, 1.82) is 0 Å². The zero-order valence-electron chi connectivity index (χ0n) is 13.2. The first-order chi connectivity index (χ1) is 12.4. The van der Waals surface area contributed by atoms with Crippen molar-refractivity contribution in [2.24, 2.45) is 0 Å². The van der Waals surface area contributed by atoms with Gasteiger partial charge in [0, 0.05) is 23.5 Å². The van der Waals surface area contributed by atoms with E-state index >= 15 is 0 Å². The number of carbonyl (C=O) groups excluding carboxylic acids is 1. The van der Waals surface area contributed by atoms with Gasteiger partial charge in [-0.3, -0.25) is 0 Å². The fraction of sp³-hybridized carbons (Fsp3) is 0.188. The maximum absolute atomic E-state index is 12.7. The SMILES string of the molecule is O=C(ONCC(=CF)COc1ccc(-c2ncccn2)cc1)C(F)(F)F. The van der Waals surface area contributed by atoms with Crippen molar-refractivity contribution in [2.45, 2.75) is 6.18 Å². The predicted molar refractivity (Wildman–Crippen MR) is 82.3 cm³/mol. The lowest BCUT2D eigenvalue weighted by atomic mass is 10.2. The number of ether oxygens (including phenoxy) is 1. The van der Waals surface area contributed by atoms with Crippen LogP contribution >= 0.6 is 0 Å². The highest BCUT2D eigenvalue weighted by Crippen LogP contribution is 2.19. The first-order valence-corrected chi connectivity index (χ1v) is 7.19. The number of rotatable bonds is 7. The minimum atomic E-state index is -5.13. The Hall–Kier alpha value is -3.01. The standard InChI is InChI=1S/C16H13F4N3O3/c17-8-11(9-23-26-15(24)16(18,19)20)10-25-13-4-2-12(3-5-13)14-21-6-1-7-22-14/h1-8,23H,9-10H2. The molecule has 0 fully saturated rings. The number of carbonyl (C=O) groups is 1. The fourth-order valence-corrected chi connectivity index (χ4v) is 1.70. The monoisotopic (exact) mass is 371 g/mol. The molecule has 0 unspecified atom stereocenters. The fourth-order valence-electron chi connectivity index (χ4n) is 1.70. The van der Waals surface area contributed by atoms with Crippen LogP contribution in [-0.4, -0.2) is 35.3 Å². The average molecular weight is 371 g/mol. The van der Waals surface area contributed by atoms with Crippen LogP contribution in [0.25, 0.3) is 11.4 Å². The van der Waals surface area contributed by atoms with Crippen LogP contribution in [0.3, 0.4) is 0 Å². The Bertz CT molecular complexity index is 750. The molecular weight excluding hydrogens is 358 g/mol. The van der Waals surface area contributed by atoms with E-state index in [9.17, 15) is 22.4 Å². The molecule has 10 heteroatoms. The minimum absolute atomic E-state index is 0.0598. The number of aromatic nitrogens is 2. The summed E-state index contributed by atoms with van der Waals surface area (Å²) in [4.78, 5) is 22.4. The van der Waals surface area contributed by atoms with Crippen LogP contribution in [0.1, 0.15) is 0 Å².